The molecule has 0 unspecified atom stereocenters. The number of ether oxygens (including phenoxy) is 2. The van der Waals surface area contributed by atoms with E-state index in [0.717, 1.165) is 5.75 Å². The van der Waals surface area contributed by atoms with Gasteiger partial charge in [0.1, 0.15) is 11.5 Å². The van der Waals surface area contributed by atoms with Gasteiger partial charge in [0.15, 0.2) is 5.78 Å². The Labute approximate surface area is 140 Å². The summed E-state index contributed by atoms with van der Waals surface area (Å²) in [5.41, 5.74) is 1.28. The molecule has 0 atom stereocenters. The van der Waals surface area contributed by atoms with Crippen LogP contribution in [-0.2, 0) is 0 Å². The van der Waals surface area contributed by atoms with Crippen molar-refractivity contribution in [1.29, 1.82) is 0 Å². The summed E-state index contributed by atoms with van der Waals surface area (Å²) >= 11 is 5.95. The van der Waals surface area contributed by atoms with Gasteiger partial charge in [0.05, 0.1) is 19.4 Å². The van der Waals surface area contributed by atoms with Crippen molar-refractivity contribution in [2.75, 3.05) is 19.0 Å². The van der Waals surface area contributed by atoms with Gasteiger partial charge in [0, 0.05) is 22.9 Å². The molecule has 0 aromatic heterocycles. The van der Waals surface area contributed by atoms with Crippen LogP contribution in [0.1, 0.15) is 17.3 Å². The third-order valence-corrected chi connectivity index (χ3v) is 3.32. The molecule has 0 radical (unpaired) electrons. The molecule has 0 amide bonds. The molecule has 0 aliphatic heterocycles. The van der Waals surface area contributed by atoms with Gasteiger partial charge in [0.25, 0.3) is 0 Å². The summed E-state index contributed by atoms with van der Waals surface area (Å²) in [4.78, 5) is 12.1. The van der Waals surface area contributed by atoms with Crippen LogP contribution in [0.3, 0.4) is 0 Å². The minimum atomic E-state index is -0.110. The average Bonchev–Trinajstić information content (AvgIpc) is 2.56. The molecular weight excluding hydrogens is 314 g/mol. The summed E-state index contributed by atoms with van der Waals surface area (Å²) in [5, 5.41) is 3.58. The van der Waals surface area contributed by atoms with Crippen molar-refractivity contribution in [2.45, 2.75) is 6.92 Å². The highest BCUT2D eigenvalue weighted by Gasteiger charge is 2.04. The normalized spacial score (nSPS) is 10.6. The topological polar surface area (TPSA) is 47.6 Å². The SMILES string of the molecule is CCOc1ccc(C(=O)C=CNc2cc(Cl)ccc2OC)cc1. The lowest BCUT2D eigenvalue weighted by Gasteiger charge is -2.08. The molecule has 0 fully saturated rings. The Morgan fingerprint density at radius 2 is 1.96 bits per heavy atom. The Morgan fingerprint density at radius 3 is 2.61 bits per heavy atom. The zero-order chi connectivity index (χ0) is 16.7. The lowest BCUT2D eigenvalue weighted by Crippen LogP contribution is -1.98. The molecule has 23 heavy (non-hydrogen) atoms. The van der Waals surface area contributed by atoms with Crippen molar-refractivity contribution >= 4 is 23.1 Å². The van der Waals surface area contributed by atoms with E-state index in [9.17, 15) is 4.79 Å². The van der Waals surface area contributed by atoms with Gasteiger partial charge in [0.2, 0.25) is 0 Å². The van der Waals surface area contributed by atoms with Gasteiger partial charge in [-0.3, -0.25) is 4.79 Å². The number of hydrogen-bond donors (Lipinski definition) is 1. The molecule has 5 heteroatoms. The molecule has 0 aliphatic carbocycles. The number of methoxy groups -OCH3 is 1. The van der Waals surface area contributed by atoms with E-state index in [0.29, 0.717) is 28.6 Å². The third-order valence-electron chi connectivity index (χ3n) is 3.08. The lowest BCUT2D eigenvalue weighted by molar-refractivity contribution is 0.104. The molecule has 0 saturated heterocycles. The van der Waals surface area contributed by atoms with Crippen molar-refractivity contribution in [3.63, 3.8) is 0 Å². The van der Waals surface area contributed by atoms with Gasteiger partial charge < -0.3 is 14.8 Å². The van der Waals surface area contributed by atoms with Crippen LogP contribution >= 0.6 is 11.6 Å². The van der Waals surface area contributed by atoms with Crippen molar-refractivity contribution in [1.82, 2.24) is 0 Å². The summed E-state index contributed by atoms with van der Waals surface area (Å²) in [6.45, 7) is 2.51. The van der Waals surface area contributed by atoms with Gasteiger partial charge in [-0.1, -0.05) is 11.6 Å². The summed E-state index contributed by atoms with van der Waals surface area (Å²) < 4.78 is 10.6. The summed E-state index contributed by atoms with van der Waals surface area (Å²) in [6, 6.07) is 12.2. The molecule has 2 aromatic rings. The monoisotopic (exact) mass is 331 g/mol. The average molecular weight is 332 g/mol. The molecular formula is C18H18ClNO3. The van der Waals surface area contributed by atoms with Crippen LogP contribution < -0.4 is 14.8 Å². The van der Waals surface area contributed by atoms with Gasteiger partial charge >= 0.3 is 0 Å². The predicted molar refractivity (Wildman–Crippen MR) is 92.7 cm³/mol. The number of allylic oxidation sites excluding steroid dienone is 1. The number of carbonyl (C=O) groups excluding carboxylic acids is 1. The molecule has 0 saturated carbocycles. The third kappa shape index (κ3) is 4.76. The predicted octanol–water partition coefficient (Wildman–Crippen LogP) is 4.56. The van der Waals surface area contributed by atoms with Crippen molar-refractivity contribution in [2.24, 2.45) is 0 Å². The van der Waals surface area contributed by atoms with Gasteiger partial charge in [-0.05, 0) is 49.4 Å². The first-order valence-corrected chi connectivity index (χ1v) is 7.55. The van der Waals surface area contributed by atoms with Gasteiger partial charge in [-0.15, -0.1) is 0 Å². The highest BCUT2D eigenvalue weighted by molar-refractivity contribution is 6.30. The van der Waals surface area contributed by atoms with E-state index in [-0.39, 0.29) is 5.78 Å². The summed E-state index contributed by atoms with van der Waals surface area (Å²) in [5.74, 6) is 1.28. The van der Waals surface area contributed by atoms with E-state index >= 15 is 0 Å². The first kappa shape index (κ1) is 16.9. The van der Waals surface area contributed by atoms with Crippen molar-refractivity contribution < 1.29 is 14.3 Å². The molecule has 120 valence electrons. The van der Waals surface area contributed by atoms with E-state index in [2.05, 4.69) is 5.32 Å². The van der Waals surface area contributed by atoms with E-state index < -0.39 is 0 Å². The lowest BCUT2D eigenvalue weighted by atomic mass is 10.1. The molecule has 0 spiro atoms. The fourth-order valence-corrected chi connectivity index (χ4v) is 2.15. The second-order valence-corrected chi connectivity index (χ2v) is 5.08. The van der Waals surface area contributed by atoms with E-state index in [1.54, 1.807) is 55.8 Å². The Hall–Kier alpha value is -2.46. The largest absolute Gasteiger partial charge is 0.495 e. The molecule has 2 aromatic carbocycles. The van der Waals surface area contributed by atoms with Crippen LogP contribution in [0.15, 0.2) is 54.7 Å². The number of hydrogen-bond acceptors (Lipinski definition) is 4. The first-order chi connectivity index (χ1) is 11.1. The van der Waals surface area contributed by atoms with E-state index in [1.807, 2.05) is 6.92 Å². The molecule has 1 N–H and O–H groups in total. The highest BCUT2D eigenvalue weighted by Crippen LogP contribution is 2.27. The maximum Gasteiger partial charge on any atom is 0.187 e. The standard InChI is InChI=1S/C18H18ClNO3/c1-3-23-15-7-4-13(5-8-15)17(21)10-11-20-16-12-14(19)6-9-18(16)22-2/h4-12,20H,3H2,1-2H3. The molecule has 0 aliphatic rings. The second-order valence-electron chi connectivity index (χ2n) is 4.64. The zero-order valence-corrected chi connectivity index (χ0v) is 13.8. The maximum atomic E-state index is 12.1. The second kappa shape index (κ2) is 8.25. The number of anilines is 1. The number of nitrogens with one attached hydrogen (secondary N) is 1. The maximum absolute atomic E-state index is 12.1. The van der Waals surface area contributed by atoms with Crippen molar-refractivity contribution in [3.8, 4) is 11.5 Å². The number of ketones is 1. The summed E-state index contributed by atoms with van der Waals surface area (Å²) in [7, 11) is 1.57. The van der Waals surface area contributed by atoms with E-state index in [1.165, 1.54) is 6.08 Å². The highest BCUT2D eigenvalue weighted by atomic mass is 35.5. The molecule has 2 rings (SSSR count). The van der Waals surface area contributed by atoms with Gasteiger partial charge in [-0.25, -0.2) is 0 Å². The Morgan fingerprint density at radius 1 is 1.22 bits per heavy atom. The Balaban J connectivity index is 2.02. The van der Waals surface area contributed by atoms with Gasteiger partial charge in [-0.2, -0.15) is 0 Å². The number of halogens is 1. The Bertz CT molecular complexity index is 696. The zero-order valence-electron chi connectivity index (χ0n) is 13.0. The quantitative estimate of drug-likeness (QED) is 0.597. The van der Waals surface area contributed by atoms with Crippen LogP contribution in [0.25, 0.3) is 0 Å². The van der Waals surface area contributed by atoms with E-state index in [4.69, 9.17) is 21.1 Å². The smallest absolute Gasteiger partial charge is 0.187 e. The molecule has 0 bridgehead atoms. The fraction of sp³-hybridized carbons (Fsp3) is 0.167. The number of benzene rings is 2. The number of rotatable bonds is 7. The van der Waals surface area contributed by atoms with Crippen LogP contribution in [0.2, 0.25) is 5.02 Å². The fourth-order valence-electron chi connectivity index (χ4n) is 1.98. The Kier molecular flexibility index (Phi) is 6.06. The minimum absolute atomic E-state index is 0.110. The van der Waals surface area contributed by atoms with Crippen LogP contribution in [0.5, 0.6) is 11.5 Å². The number of carbonyl (C=O) groups is 1. The van der Waals surface area contributed by atoms with Crippen LogP contribution in [0, 0.1) is 0 Å². The summed E-state index contributed by atoms with van der Waals surface area (Å²) in [6.07, 6.45) is 3.02. The minimum Gasteiger partial charge on any atom is -0.495 e. The van der Waals surface area contributed by atoms with Crippen molar-refractivity contribution in [3.05, 3.63) is 65.3 Å². The van der Waals surface area contributed by atoms with Crippen LogP contribution in [-0.4, -0.2) is 19.5 Å². The molecule has 4 nitrogen and oxygen atoms in total. The molecule has 0 heterocycles. The first-order valence-electron chi connectivity index (χ1n) is 7.18. The van der Waals surface area contributed by atoms with Crippen LogP contribution in [0.4, 0.5) is 5.69 Å².